The van der Waals surface area contributed by atoms with Crippen LogP contribution in [0, 0.1) is 0 Å². The van der Waals surface area contributed by atoms with Crippen LogP contribution in [0.15, 0.2) is 0 Å². The van der Waals surface area contributed by atoms with Gasteiger partial charge in [-0.2, -0.15) is 13.2 Å². The lowest BCUT2D eigenvalue weighted by Gasteiger charge is -2.18. The summed E-state index contributed by atoms with van der Waals surface area (Å²) in [4.78, 5) is 0. The number of alkyl halides is 3. The van der Waals surface area contributed by atoms with Gasteiger partial charge in [-0.3, -0.25) is 0 Å². The molecule has 0 bridgehead atoms. The van der Waals surface area contributed by atoms with Crippen LogP contribution in [0.25, 0.3) is 0 Å². The van der Waals surface area contributed by atoms with Gasteiger partial charge in [0.1, 0.15) is 6.04 Å². The van der Waals surface area contributed by atoms with Crippen LogP contribution in [0.1, 0.15) is 26.2 Å². The van der Waals surface area contributed by atoms with Crippen LogP contribution in [0.4, 0.5) is 13.2 Å². The van der Waals surface area contributed by atoms with Gasteiger partial charge in [0.05, 0.1) is 0 Å². The fourth-order valence-corrected chi connectivity index (χ4v) is 0.880. The van der Waals surface area contributed by atoms with Crippen molar-refractivity contribution in [3.8, 4) is 0 Å². The van der Waals surface area contributed by atoms with E-state index in [1.165, 1.54) is 7.05 Å². The van der Waals surface area contributed by atoms with E-state index in [2.05, 4.69) is 5.32 Å². The minimum Gasteiger partial charge on any atom is -0.309 e. The normalized spacial score (nSPS) is 15.0. The zero-order valence-electron chi connectivity index (χ0n) is 6.83. The van der Waals surface area contributed by atoms with Crippen LogP contribution >= 0.6 is 0 Å². The highest BCUT2D eigenvalue weighted by atomic mass is 19.4. The average Bonchev–Trinajstić information content (AvgIpc) is 1.87. The maximum atomic E-state index is 12.0. The van der Waals surface area contributed by atoms with Gasteiger partial charge in [-0.1, -0.05) is 19.8 Å². The summed E-state index contributed by atoms with van der Waals surface area (Å²) in [5.41, 5.74) is 0. The Labute approximate surface area is 65.0 Å². The Kier molecular flexibility index (Phi) is 4.49. The molecule has 0 unspecified atom stereocenters. The first-order valence-corrected chi connectivity index (χ1v) is 3.76. The number of rotatable bonds is 4. The van der Waals surface area contributed by atoms with Crippen molar-refractivity contribution < 1.29 is 13.2 Å². The summed E-state index contributed by atoms with van der Waals surface area (Å²) in [6, 6.07) is -1.33. The van der Waals surface area contributed by atoms with Crippen molar-refractivity contribution in [3.63, 3.8) is 0 Å². The van der Waals surface area contributed by atoms with Crippen molar-refractivity contribution in [1.29, 1.82) is 0 Å². The van der Waals surface area contributed by atoms with Crippen molar-refractivity contribution in [1.82, 2.24) is 5.32 Å². The molecule has 0 saturated heterocycles. The SMILES string of the molecule is CCCC[C@@H](NC)C(F)(F)F. The summed E-state index contributed by atoms with van der Waals surface area (Å²) in [6.07, 6.45) is -2.50. The van der Waals surface area contributed by atoms with E-state index in [1.54, 1.807) is 0 Å². The van der Waals surface area contributed by atoms with Gasteiger partial charge < -0.3 is 5.32 Å². The van der Waals surface area contributed by atoms with Crippen LogP contribution in [0.5, 0.6) is 0 Å². The molecule has 0 aromatic carbocycles. The number of hydrogen-bond donors (Lipinski definition) is 1. The lowest BCUT2D eigenvalue weighted by Crippen LogP contribution is -2.39. The van der Waals surface area contributed by atoms with E-state index in [9.17, 15) is 13.2 Å². The highest BCUT2D eigenvalue weighted by Gasteiger charge is 2.37. The van der Waals surface area contributed by atoms with Crippen molar-refractivity contribution >= 4 is 0 Å². The first-order chi connectivity index (χ1) is 5.02. The monoisotopic (exact) mass is 169 g/mol. The summed E-state index contributed by atoms with van der Waals surface area (Å²) < 4.78 is 35.9. The topological polar surface area (TPSA) is 12.0 Å². The predicted molar refractivity (Wildman–Crippen MR) is 38.4 cm³/mol. The molecule has 0 saturated carbocycles. The summed E-state index contributed by atoms with van der Waals surface area (Å²) in [6.45, 7) is 1.88. The van der Waals surface area contributed by atoms with Gasteiger partial charge in [0.15, 0.2) is 0 Å². The molecular weight excluding hydrogens is 155 g/mol. The van der Waals surface area contributed by atoms with Crippen LogP contribution in [0.2, 0.25) is 0 Å². The van der Waals surface area contributed by atoms with Crippen molar-refractivity contribution in [2.75, 3.05) is 7.05 Å². The minimum atomic E-state index is -4.09. The lowest BCUT2D eigenvalue weighted by atomic mass is 10.1. The molecule has 68 valence electrons. The molecule has 1 atom stereocenters. The molecule has 0 rings (SSSR count). The van der Waals surface area contributed by atoms with Crippen LogP contribution in [-0.2, 0) is 0 Å². The highest BCUT2D eigenvalue weighted by molar-refractivity contribution is 4.72. The van der Waals surface area contributed by atoms with Crippen LogP contribution in [-0.4, -0.2) is 19.3 Å². The molecule has 11 heavy (non-hydrogen) atoms. The average molecular weight is 169 g/mol. The van der Waals surface area contributed by atoms with Gasteiger partial charge in [0, 0.05) is 0 Å². The third-order valence-corrected chi connectivity index (χ3v) is 1.59. The van der Waals surface area contributed by atoms with E-state index in [1.807, 2.05) is 6.92 Å². The maximum absolute atomic E-state index is 12.0. The van der Waals surface area contributed by atoms with E-state index >= 15 is 0 Å². The summed E-state index contributed by atoms with van der Waals surface area (Å²) in [5, 5.41) is 2.25. The third kappa shape index (κ3) is 4.24. The molecule has 0 aliphatic carbocycles. The fourth-order valence-electron chi connectivity index (χ4n) is 0.880. The van der Waals surface area contributed by atoms with E-state index in [0.717, 1.165) is 6.42 Å². The smallest absolute Gasteiger partial charge is 0.309 e. The van der Waals surface area contributed by atoms with E-state index in [4.69, 9.17) is 0 Å². The molecule has 4 heteroatoms. The second kappa shape index (κ2) is 4.59. The molecule has 0 aromatic rings. The van der Waals surface area contributed by atoms with Crippen LogP contribution < -0.4 is 5.32 Å². The number of halogens is 3. The van der Waals surface area contributed by atoms with Crippen molar-refractivity contribution in [2.24, 2.45) is 0 Å². The second-order valence-electron chi connectivity index (χ2n) is 2.53. The van der Waals surface area contributed by atoms with E-state index in [0.29, 0.717) is 6.42 Å². The molecule has 0 spiro atoms. The Morgan fingerprint density at radius 2 is 1.91 bits per heavy atom. The molecule has 0 amide bonds. The molecule has 0 fully saturated rings. The first kappa shape index (κ1) is 10.8. The Balaban J connectivity index is 3.76. The number of unbranched alkanes of at least 4 members (excludes halogenated alkanes) is 1. The predicted octanol–water partition coefficient (Wildman–Crippen LogP) is 2.33. The zero-order chi connectivity index (χ0) is 8.91. The Hall–Kier alpha value is -0.250. The Morgan fingerprint density at radius 1 is 1.36 bits per heavy atom. The molecule has 0 aliphatic heterocycles. The Morgan fingerprint density at radius 3 is 2.18 bits per heavy atom. The second-order valence-corrected chi connectivity index (χ2v) is 2.53. The van der Waals surface area contributed by atoms with Crippen molar-refractivity contribution in [3.05, 3.63) is 0 Å². The first-order valence-electron chi connectivity index (χ1n) is 3.76. The summed E-state index contributed by atoms with van der Waals surface area (Å²) in [7, 11) is 1.34. The molecular formula is C7H14F3N. The summed E-state index contributed by atoms with van der Waals surface area (Å²) in [5.74, 6) is 0. The maximum Gasteiger partial charge on any atom is 0.403 e. The molecule has 1 nitrogen and oxygen atoms in total. The fraction of sp³-hybridized carbons (Fsp3) is 1.00. The van der Waals surface area contributed by atoms with Crippen molar-refractivity contribution in [2.45, 2.75) is 38.4 Å². The highest BCUT2D eigenvalue weighted by Crippen LogP contribution is 2.23. The summed E-state index contributed by atoms with van der Waals surface area (Å²) >= 11 is 0. The van der Waals surface area contributed by atoms with E-state index < -0.39 is 12.2 Å². The zero-order valence-corrected chi connectivity index (χ0v) is 6.83. The van der Waals surface area contributed by atoms with Gasteiger partial charge >= 0.3 is 6.18 Å². The molecule has 0 heterocycles. The van der Waals surface area contributed by atoms with Gasteiger partial charge in [-0.15, -0.1) is 0 Å². The molecule has 1 N–H and O–H groups in total. The van der Waals surface area contributed by atoms with Crippen LogP contribution in [0.3, 0.4) is 0 Å². The van der Waals surface area contributed by atoms with Gasteiger partial charge in [0.2, 0.25) is 0 Å². The Bertz CT molecular complexity index is 100. The number of nitrogens with one attached hydrogen (secondary N) is 1. The molecule has 0 radical (unpaired) electrons. The van der Waals surface area contributed by atoms with Gasteiger partial charge in [-0.25, -0.2) is 0 Å². The number of hydrogen-bond acceptors (Lipinski definition) is 1. The molecule has 0 aromatic heterocycles. The standard InChI is InChI=1S/C7H14F3N/c1-3-4-5-6(11-2)7(8,9)10/h6,11H,3-5H2,1-2H3/t6-/m1/s1. The molecule has 0 aliphatic rings. The van der Waals surface area contributed by atoms with Gasteiger partial charge in [-0.05, 0) is 13.5 Å². The largest absolute Gasteiger partial charge is 0.403 e. The third-order valence-electron chi connectivity index (χ3n) is 1.59. The quantitative estimate of drug-likeness (QED) is 0.681. The minimum absolute atomic E-state index is 0.177. The lowest BCUT2D eigenvalue weighted by molar-refractivity contribution is -0.156. The van der Waals surface area contributed by atoms with Gasteiger partial charge in [0.25, 0.3) is 0 Å². The van der Waals surface area contributed by atoms with E-state index in [-0.39, 0.29) is 6.42 Å².